The van der Waals surface area contributed by atoms with Crippen molar-refractivity contribution in [2.24, 2.45) is 0 Å². The first kappa shape index (κ1) is 18.9. The lowest BCUT2D eigenvalue weighted by atomic mass is 10.0. The lowest BCUT2D eigenvalue weighted by Crippen LogP contribution is -2.46. The number of rotatable bonds is 5. The van der Waals surface area contributed by atoms with Crippen LogP contribution < -0.4 is 9.80 Å². The molecule has 2 aromatic rings. The number of aromatic nitrogens is 2. The quantitative estimate of drug-likeness (QED) is 0.797. The van der Waals surface area contributed by atoms with Gasteiger partial charge in [-0.05, 0) is 43.1 Å². The lowest BCUT2D eigenvalue weighted by molar-refractivity contribution is 0.198. The molecule has 1 atom stereocenters. The average molecular weight is 378 g/mol. The van der Waals surface area contributed by atoms with Crippen molar-refractivity contribution in [1.29, 1.82) is 0 Å². The van der Waals surface area contributed by atoms with Crippen LogP contribution in [-0.4, -0.2) is 55.1 Å². The highest BCUT2D eigenvalue weighted by Crippen LogP contribution is 2.22. The van der Waals surface area contributed by atoms with Crippen LogP contribution in [0.1, 0.15) is 18.4 Å². The first-order valence-electron chi connectivity index (χ1n) is 8.83. The number of hydrogen-bond acceptors (Lipinski definition) is 5. The van der Waals surface area contributed by atoms with E-state index < -0.39 is 0 Å². The summed E-state index contributed by atoms with van der Waals surface area (Å²) in [4.78, 5) is 15.5. The lowest BCUT2D eigenvalue weighted by Gasteiger charge is -2.37. The molecule has 1 aliphatic heterocycles. The SMILES string of the molecule is CN(C)c1ccnc(N(C)C2CCCN(Cc3ccc(Cl)c(F)c3)C2)n1. The molecule has 140 valence electrons. The van der Waals surface area contributed by atoms with Crippen LogP contribution in [0, 0.1) is 5.82 Å². The molecule has 0 spiro atoms. The minimum atomic E-state index is -0.358. The van der Waals surface area contributed by atoms with Crippen molar-refractivity contribution in [1.82, 2.24) is 14.9 Å². The summed E-state index contributed by atoms with van der Waals surface area (Å²) in [5, 5.41) is 0.169. The zero-order valence-electron chi connectivity index (χ0n) is 15.5. The molecular weight excluding hydrogens is 353 g/mol. The van der Waals surface area contributed by atoms with Crippen LogP contribution in [0.4, 0.5) is 16.2 Å². The molecule has 5 nitrogen and oxygen atoms in total. The number of nitrogens with zero attached hydrogens (tertiary/aromatic N) is 5. The highest BCUT2D eigenvalue weighted by molar-refractivity contribution is 6.30. The zero-order chi connectivity index (χ0) is 18.7. The molecule has 1 aromatic heterocycles. The van der Waals surface area contributed by atoms with Gasteiger partial charge in [0.15, 0.2) is 0 Å². The van der Waals surface area contributed by atoms with Gasteiger partial charge in [0.2, 0.25) is 5.95 Å². The largest absolute Gasteiger partial charge is 0.363 e. The third-order valence-electron chi connectivity index (χ3n) is 4.82. The Bertz CT molecular complexity index is 754. The molecule has 1 aliphatic rings. The summed E-state index contributed by atoms with van der Waals surface area (Å²) in [5.74, 6) is 1.27. The van der Waals surface area contributed by atoms with E-state index in [4.69, 9.17) is 11.6 Å². The number of likely N-dealkylation sites (N-methyl/N-ethyl adjacent to an activating group) is 1. The molecule has 0 N–H and O–H groups in total. The molecule has 1 aromatic carbocycles. The van der Waals surface area contributed by atoms with E-state index in [1.807, 2.05) is 38.2 Å². The smallest absolute Gasteiger partial charge is 0.227 e. The van der Waals surface area contributed by atoms with Gasteiger partial charge < -0.3 is 9.80 Å². The molecule has 1 saturated heterocycles. The Kier molecular flexibility index (Phi) is 5.94. The number of hydrogen-bond donors (Lipinski definition) is 0. The van der Waals surface area contributed by atoms with Crippen LogP contribution in [0.15, 0.2) is 30.5 Å². The molecule has 0 radical (unpaired) electrons. The van der Waals surface area contributed by atoms with Crippen LogP contribution in [0.5, 0.6) is 0 Å². The van der Waals surface area contributed by atoms with Crippen LogP contribution in [0.2, 0.25) is 5.02 Å². The summed E-state index contributed by atoms with van der Waals surface area (Å²) in [5.41, 5.74) is 0.945. The summed E-state index contributed by atoms with van der Waals surface area (Å²) in [7, 11) is 5.99. The summed E-state index contributed by atoms with van der Waals surface area (Å²) >= 11 is 5.78. The molecular formula is C19H25ClFN5. The molecule has 1 fully saturated rings. The van der Waals surface area contributed by atoms with Crippen molar-refractivity contribution in [3.05, 3.63) is 46.9 Å². The summed E-state index contributed by atoms with van der Waals surface area (Å²) in [6.45, 7) is 2.63. The summed E-state index contributed by atoms with van der Waals surface area (Å²) < 4.78 is 13.7. The standard InChI is InChI=1S/C19H25ClFN5/c1-24(2)18-8-9-22-19(23-18)25(3)15-5-4-10-26(13-15)12-14-6-7-16(20)17(21)11-14/h6-9,11,15H,4-5,10,12-13H2,1-3H3. The van der Waals surface area contributed by atoms with Crippen molar-refractivity contribution >= 4 is 23.4 Å². The fraction of sp³-hybridized carbons (Fsp3) is 0.474. The molecule has 7 heteroatoms. The highest BCUT2D eigenvalue weighted by Gasteiger charge is 2.25. The van der Waals surface area contributed by atoms with E-state index in [2.05, 4.69) is 19.8 Å². The number of anilines is 2. The van der Waals surface area contributed by atoms with Gasteiger partial charge >= 0.3 is 0 Å². The van der Waals surface area contributed by atoms with Gasteiger partial charge in [0.1, 0.15) is 11.6 Å². The summed E-state index contributed by atoms with van der Waals surface area (Å²) in [6, 6.07) is 7.28. The Hall–Kier alpha value is -1.92. The topological polar surface area (TPSA) is 35.5 Å². The van der Waals surface area contributed by atoms with Gasteiger partial charge in [0, 0.05) is 46.5 Å². The van der Waals surface area contributed by atoms with E-state index in [-0.39, 0.29) is 10.8 Å². The van der Waals surface area contributed by atoms with Crippen LogP contribution in [0.3, 0.4) is 0 Å². The second-order valence-corrected chi connectivity index (χ2v) is 7.41. The van der Waals surface area contributed by atoms with Gasteiger partial charge in [-0.15, -0.1) is 0 Å². The first-order chi connectivity index (χ1) is 12.4. The van der Waals surface area contributed by atoms with Gasteiger partial charge in [0.25, 0.3) is 0 Å². The summed E-state index contributed by atoms with van der Waals surface area (Å²) in [6.07, 6.45) is 3.99. The first-order valence-corrected chi connectivity index (χ1v) is 9.21. The monoisotopic (exact) mass is 377 g/mol. The van der Waals surface area contributed by atoms with Gasteiger partial charge in [0.05, 0.1) is 5.02 Å². The number of likely N-dealkylation sites (tertiary alicyclic amines) is 1. The molecule has 0 aliphatic carbocycles. The average Bonchev–Trinajstić information content (AvgIpc) is 2.64. The molecule has 3 rings (SSSR count). The molecule has 26 heavy (non-hydrogen) atoms. The molecule has 0 amide bonds. The predicted octanol–water partition coefficient (Wildman–Crippen LogP) is 3.44. The van der Waals surface area contributed by atoms with Crippen LogP contribution in [-0.2, 0) is 6.54 Å². The van der Waals surface area contributed by atoms with Gasteiger partial charge in [-0.3, -0.25) is 4.90 Å². The Morgan fingerprint density at radius 2 is 2.08 bits per heavy atom. The van der Waals surface area contributed by atoms with E-state index in [0.717, 1.165) is 49.8 Å². The molecule has 1 unspecified atom stereocenters. The normalized spacial score (nSPS) is 18.0. The number of halogens is 2. The second-order valence-electron chi connectivity index (χ2n) is 7.00. The van der Waals surface area contributed by atoms with E-state index in [0.29, 0.717) is 6.04 Å². The Morgan fingerprint density at radius 3 is 2.81 bits per heavy atom. The Balaban J connectivity index is 1.67. The maximum absolute atomic E-state index is 13.7. The fourth-order valence-corrected chi connectivity index (χ4v) is 3.43. The second kappa shape index (κ2) is 8.18. The Morgan fingerprint density at radius 1 is 1.27 bits per heavy atom. The molecule has 0 bridgehead atoms. The third-order valence-corrected chi connectivity index (χ3v) is 5.13. The number of piperidine rings is 1. The van der Waals surface area contributed by atoms with Gasteiger partial charge in [-0.25, -0.2) is 9.37 Å². The third kappa shape index (κ3) is 4.43. The van der Waals surface area contributed by atoms with Crippen molar-refractivity contribution in [2.75, 3.05) is 44.0 Å². The van der Waals surface area contributed by atoms with E-state index in [1.54, 1.807) is 12.3 Å². The van der Waals surface area contributed by atoms with Gasteiger partial charge in [-0.1, -0.05) is 17.7 Å². The molecule has 0 saturated carbocycles. The zero-order valence-corrected chi connectivity index (χ0v) is 16.2. The van der Waals surface area contributed by atoms with E-state index >= 15 is 0 Å². The van der Waals surface area contributed by atoms with Crippen molar-refractivity contribution in [3.63, 3.8) is 0 Å². The van der Waals surface area contributed by atoms with Crippen molar-refractivity contribution in [3.8, 4) is 0 Å². The van der Waals surface area contributed by atoms with E-state index in [9.17, 15) is 4.39 Å². The van der Waals surface area contributed by atoms with Crippen molar-refractivity contribution < 1.29 is 4.39 Å². The van der Waals surface area contributed by atoms with Crippen LogP contribution >= 0.6 is 11.6 Å². The van der Waals surface area contributed by atoms with Crippen LogP contribution in [0.25, 0.3) is 0 Å². The number of benzene rings is 1. The molecule has 2 heterocycles. The maximum atomic E-state index is 13.7. The minimum Gasteiger partial charge on any atom is -0.363 e. The predicted molar refractivity (Wildman–Crippen MR) is 104 cm³/mol. The van der Waals surface area contributed by atoms with Gasteiger partial charge in [-0.2, -0.15) is 4.98 Å². The Labute approximate surface area is 159 Å². The highest BCUT2D eigenvalue weighted by atomic mass is 35.5. The minimum absolute atomic E-state index is 0.169. The van der Waals surface area contributed by atoms with Crippen molar-refractivity contribution in [2.45, 2.75) is 25.4 Å². The maximum Gasteiger partial charge on any atom is 0.227 e. The fourth-order valence-electron chi connectivity index (χ4n) is 3.31. The van der Waals surface area contributed by atoms with E-state index in [1.165, 1.54) is 6.07 Å².